The van der Waals surface area contributed by atoms with Crippen LogP contribution in [0.1, 0.15) is 25.5 Å². The molecule has 15 heavy (non-hydrogen) atoms. The summed E-state index contributed by atoms with van der Waals surface area (Å²) >= 11 is 0. The number of nitrogens with zero attached hydrogens (tertiary/aromatic N) is 2. The van der Waals surface area contributed by atoms with Gasteiger partial charge in [-0.2, -0.15) is 0 Å². The van der Waals surface area contributed by atoms with E-state index in [4.69, 9.17) is 5.73 Å². The Morgan fingerprint density at radius 1 is 1.47 bits per heavy atom. The fourth-order valence-corrected chi connectivity index (χ4v) is 1.61. The number of nitrogen functional groups attached to an aromatic ring is 1. The molecule has 0 aliphatic rings. The number of fused-ring (bicyclic) bond motifs is 1. The normalized spacial score (nSPS) is 11.1. The fourth-order valence-electron chi connectivity index (χ4n) is 1.61. The van der Waals surface area contributed by atoms with Crippen LogP contribution in [0.5, 0.6) is 0 Å². The van der Waals surface area contributed by atoms with Crippen molar-refractivity contribution in [2.75, 3.05) is 5.73 Å². The molecule has 2 rings (SSSR count). The van der Waals surface area contributed by atoms with Crippen LogP contribution in [0.4, 0.5) is 10.2 Å². The quantitative estimate of drug-likeness (QED) is 0.839. The van der Waals surface area contributed by atoms with Crippen molar-refractivity contribution < 1.29 is 4.39 Å². The second kappa shape index (κ2) is 3.88. The van der Waals surface area contributed by atoms with E-state index in [-0.39, 0.29) is 5.82 Å². The van der Waals surface area contributed by atoms with Gasteiger partial charge in [0.05, 0.1) is 5.69 Å². The van der Waals surface area contributed by atoms with Gasteiger partial charge in [-0.3, -0.25) is 4.40 Å². The summed E-state index contributed by atoms with van der Waals surface area (Å²) in [4.78, 5) is 4.36. The van der Waals surface area contributed by atoms with Crippen molar-refractivity contribution in [1.29, 1.82) is 0 Å². The van der Waals surface area contributed by atoms with Crippen molar-refractivity contribution in [2.45, 2.75) is 26.2 Å². The molecule has 0 bridgehead atoms. The Morgan fingerprint density at radius 2 is 2.27 bits per heavy atom. The smallest absolute Gasteiger partial charge is 0.140 e. The van der Waals surface area contributed by atoms with Gasteiger partial charge in [0.1, 0.15) is 17.3 Å². The fraction of sp³-hybridized carbons (Fsp3) is 0.364. The molecule has 0 unspecified atom stereocenters. The SMILES string of the molecule is CCCCc1nc2ccc(F)cn2c1N. The molecular formula is C11H14FN3. The molecule has 4 heteroatoms. The van der Waals surface area contributed by atoms with Gasteiger partial charge in [0.25, 0.3) is 0 Å². The van der Waals surface area contributed by atoms with Gasteiger partial charge in [0.15, 0.2) is 0 Å². The molecule has 3 nitrogen and oxygen atoms in total. The van der Waals surface area contributed by atoms with Gasteiger partial charge in [-0.15, -0.1) is 0 Å². The van der Waals surface area contributed by atoms with Crippen LogP contribution in [-0.4, -0.2) is 9.38 Å². The number of pyridine rings is 1. The van der Waals surface area contributed by atoms with Crippen molar-refractivity contribution >= 4 is 11.5 Å². The standard InChI is InChI=1S/C11H14FN3/c1-2-3-4-9-11(13)15-7-8(12)5-6-10(15)14-9/h5-7H,2-4,13H2,1H3. The zero-order valence-corrected chi connectivity index (χ0v) is 8.70. The molecule has 0 radical (unpaired) electrons. The largest absolute Gasteiger partial charge is 0.383 e. The zero-order chi connectivity index (χ0) is 10.8. The number of rotatable bonds is 3. The molecule has 2 aromatic rings. The molecule has 0 saturated carbocycles. The van der Waals surface area contributed by atoms with Gasteiger partial charge < -0.3 is 5.73 Å². The van der Waals surface area contributed by atoms with E-state index in [1.54, 1.807) is 10.5 Å². The Balaban J connectivity index is 2.45. The molecule has 2 heterocycles. The monoisotopic (exact) mass is 207 g/mol. The van der Waals surface area contributed by atoms with Crippen LogP contribution in [-0.2, 0) is 6.42 Å². The molecule has 0 aliphatic heterocycles. The van der Waals surface area contributed by atoms with Crippen LogP contribution in [0.3, 0.4) is 0 Å². The van der Waals surface area contributed by atoms with Crippen molar-refractivity contribution in [1.82, 2.24) is 9.38 Å². The van der Waals surface area contributed by atoms with E-state index in [0.717, 1.165) is 25.0 Å². The lowest BCUT2D eigenvalue weighted by atomic mass is 10.2. The van der Waals surface area contributed by atoms with Gasteiger partial charge >= 0.3 is 0 Å². The van der Waals surface area contributed by atoms with Crippen LogP contribution in [0.15, 0.2) is 18.3 Å². The van der Waals surface area contributed by atoms with E-state index in [1.807, 2.05) is 0 Å². The Labute approximate surface area is 87.7 Å². The first-order valence-corrected chi connectivity index (χ1v) is 5.14. The third-order valence-corrected chi connectivity index (χ3v) is 2.46. The highest BCUT2D eigenvalue weighted by Gasteiger charge is 2.08. The molecule has 0 saturated heterocycles. The highest BCUT2D eigenvalue weighted by atomic mass is 19.1. The molecule has 0 spiro atoms. The minimum absolute atomic E-state index is 0.298. The maximum absolute atomic E-state index is 13.0. The number of anilines is 1. The summed E-state index contributed by atoms with van der Waals surface area (Å²) in [5.41, 5.74) is 7.45. The van der Waals surface area contributed by atoms with Crippen molar-refractivity contribution in [3.05, 3.63) is 29.8 Å². The lowest BCUT2D eigenvalue weighted by molar-refractivity contribution is 0.619. The molecular weight excluding hydrogens is 193 g/mol. The van der Waals surface area contributed by atoms with E-state index in [1.165, 1.54) is 12.3 Å². The van der Waals surface area contributed by atoms with Gasteiger partial charge in [-0.25, -0.2) is 9.37 Å². The lowest BCUT2D eigenvalue weighted by Crippen LogP contribution is -1.96. The van der Waals surface area contributed by atoms with Crippen LogP contribution >= 0.6 is 0 Å². The average Bonchev–Trinajstić information content (AvgIpc) is 2.53. The second-order valence-electron chi connectivity index (χ2n) is 3.62. The van der Waals surface area contributed by atoms with E-state index in [2.05, 4.69) is 11.9 Å². The van der Waals surface area contributed by atoms with Crippen LogP contribution in [0.25, 0.3) is 5.65 Å². The average molecular weight is 207 g/mol. The molecule has 0 aromatic carbocycles. The van der Waals surface area contributed by atoms with E-state index in [9.17, 15) is 4.39 Å². The number of nitrogens with two attached hydrogens (primary N) is 1. The van der Waals surface area contributed by atoms with Gasteiger partial charge in [-0.05, 0) is 25.0 Å². The van der Waals surface area contributed by atoms with Gasteiger partial charge in [0.2, 0.25) is 0 Å². The third-order valence-electron chi connectivity index (χ3n) is 2.46. The van der Waals surface area contributed by atoms with E-state index >= 15 is 0 Å². The summed E-state index contributed by atoms with van der Waals surface area (Å²) in [6.07, 6.45) is 4.37. The van der Waals surface area contributed by atoms with Crippen LogP contribution in [0.2, 0.25) is 0 Å². The maximum atomic E-state index is 13.0. The molecule has 80 valence electrons. The predicted octanol–water partition coefficient (Wildman–Crippen LogP) is 2.40. The Bertz CT molecular complexity index is 476. The van der Waals surface area contributed by atoms with Crippen molar-refractivity contribution in [2.24, 2.45) is 0 Å². The van der Waals surface area contributed by atoms with Crippen molar-refractivity contribution in [3.63, 3.8) is 0 Å². The summed E-state index contributed by atoms with van der Waals surface area (Å²) in [5.74, 6) is 0.256. The second-order valence-corrected chi connectivity index (χ2v) is 3.62. The first-order chi connectivity index (χ1) is 7.22. The highest BCUT2D eigenvalue weighted by molar-refractivity contribution is 5.52. The van der Waals surface area contributed by atoms with Crippen LogP contribution < -0.4 is 5.73 Å². The zero-order valence-electron chi connectivity index (χ0n) is 8.70. The minimum atomic E-state index is -0.298. The summed E-state index contributed by atoms with van der Waals surface area (Å²) in [7, 11) is 0. The third kappa shape index (κ3) is 1.79. The maximum Gasteiger partial charge on any atom is 0.140 e. The van der Waals surface area contributed by atoms with Gasteiger partial charge in [-0.1, -0.05) is 13.3 Å². The molecule has 0 fully saturated rings. The Hall–Kier alpha value is -1.58. The first-order valence-electron chi connectivity index (χ1n) is 5.14. The predicted molar refractivity (Wildman–Crippen MR) is 58.2 cm³/mol. The number of aryl methyl sites for hydroxylation is 1. The molecule has 0 aliphatic carbocycles. The van der Waals surface area contributed by atoms with Crippen molar-refractivity contribution in [3.8, 4) is 0 Å². The number of imidazole rings is 1. The number of unbranched alkanes of at least 4 members (excludes halogenated alkanes) is 1. The van der Waals surface area contributed by atoms with E-state index in [0.29, 0.717) is 11.5 Å². The number of aromatic nitrogens is 2. The summed E-state index contributed by atoms with van der Waals surface area (Å²) in [6, 6.07) is 3.03. The number of hydrogen-bond acceptors (Lipinski definition) is 2. The summed E-state index contributed by atoms with van der Waals surface area (Å²) in [6.45, 7) is 2.12. The first kappa shape index (κ1) is 9.96. The minimum Gasteiger partial charge on any atom is -0.383 e. The Kier molecular flexibility index (Phi) is 2.58. The topological polar surface area (TPSA) is 43.3 Å². The summed E-state index contributed by atoms with van der Waals surface area (Å²) < 4.78 is 14.6. The van der Waals surface area contributed by atoms with Crippen LogP contribution in [0, 0.1) is 5.82 Å². The van der Waals surface area contributed by atoms with Gasteiger partial charge in [0, 0.05) is 6.20 Å². The molecule has 2 N–H and O–H groups in total. The number of hydrogen-bond donors (Lipinski definition) is 1. The molecule has 0 amide bonds. The Morgan fingerprint density at radius 3 is 3.00 bits per heavy atom. The highest BCUT2D eigenvalue weighted by Crippen LogP contribution is 2.17. The number of halogens is 1. The van der Waals surface area contributed by atoms with E-state index < -0.39 is 0 Å². The summed E-state index contributed by atoms with van der Waals surface area (Å²) in [5, 5.41) is 0. The lowest BCUT2D eigenvalue weighted by Gasteiger charge is -1.97. The molecule has 0 atom stereocenters. The molecule has 2 aromatic heterocycles.